The summed E-state index contributed by atoms with van der Waals surface area (Å²) in [6.07, 6.45) is 1.58. The van der Waals surface area contributed by atoms with Crippen molar-refractivity contribution in [2.24, 2.45) is 0 Å². The highest BCUT2D eigenvalue weighted by atomic mass is 32.2. The highest BCUT2D eigenvalue weighted by molar-refractivity contribution is 7.99. The van der Waals surface area contributed by atoms with Gasteiger partial charge in [0.2, 0.25) is 0 Å². The molecule has 0 amide bonds. The number of rotatable bonds is 0. The topological polar surface area (TPSA) is 20.3 Å². The molecule has 2 bridgehead atoms. The molecule has 11 heavy (non-hydrogen) atoms. The van der Waals surface area contributed by atoms with Gasteiger partial charge in [0.25, 0.3) is 0 Å². The highest BCUT2D eigenvalue weighted by Crippen LogP contribution is 2.29. The first-order chi connectivity index (χ1) is 5.27. The zero-order valence-electron chi connectivity index (χ0n) is 6.75. The van der Waals surface area contributed by atoms with Gasteiger partial charge < -0.3 is 0 Å². The van der Waals surface area contributed by atoms with Gasteiger partial charge in [-0.2, -0.15) is 11.8 Å². The summed E-state index contributed by atoms with van der Waals surface area (Å²) in [5, 5.41) is 0. The van der Waals surface area contributed by atoms with Gasteiger partial charge in [-0.1, -0.05) is 0 Å². The molecule has 2 saturated heterocycles. The first-order valence-corrected chi connectivity index (χ1v) is 5.24. The van der Waals surface area contributed by atoms with E-state index in [2.05, 4.69) is 11.9 Å². The van der Waals surface area contributed by atoms with Gasteiger partial charge in [-0.25, -0.2) is 0 Å². The second-order valence-corrected chi connectivity index (χ2v) is 4.53. The third kappa shape index (κ3) is 1.32. The number of piperidine rings is 1. The van der Waals surface area contributed by atoms with Crippen molar-refractivity contribution in [3.63, 3.8) is 0 Å². The van der Waals surface area contributed by atoms with Crippen LogP contribution in [-0.4, -0.2) is 41.3 Å². The number of thioether (sulfide) groups is 1. The lowest BCUT2D eigenvalue weighted by atomic mass is 9.97. The molecule has 0 saturated carbocycles. The van der Waals surface area contributed by atoms with Crippen molar-refractivity contribution in [2.75, 3.05) is 18.6 Å². The SMILES string of the molecule is CN1C2CSCC1CC(=O)C2. The highest BCUT2D eigenvalue weighted by Gasteiger charge is 2.35. The molecular weight excluding hydrogens is 158 g/mol. The van der Waals surface area contributed by atoms with Crippen molar-refractivity contribution in [3.05, 3.63) is 0 Å². The molecule has 2 atom stereocenters. The first kappa shape index (κ1) is 7.62. The molecule has 2 rings (SSSR count). The van der Waals surface area contributed by atoms with Crippen molar-refractivity contribution in [3.8, 4) is 0 Å². The molecule has 62 valence electrons. The normalized spacial score (nSPS) is 39.2. The third-order valence-corrected chi connectivity index (χ3v) is 3.94. The molecule has 2 unspecified atom stereocenters. The largest absolute Gasteiger partial charge is 0.300 e. The Balaban J connectivity index is 2.12. The van der Waals surface area contributed by atoms with Crippen molar-refractivity contribution in [1.29, 1.82) is 0 Å². The van der Waals surface area contributed by atoms with E-state index in [4.69, 9.17) is 0 Å². The Morgan fingerprint density at radius 1 is 1.36 bits per heavy atom. The zero-order valence-corrected chi connectivity index (χ0v) is 7.56. The van der Waals surface area contributed by atoms with Crippen LogP contribution in [0.2, 0.25) is 0 Å². The van der Waals surface area contributed by atoms with E-state index in [1.54, 1.807) is 0 Å². The van der Waals surface area contributed by atoms with Crippen LogP contribution in [0, 0.1) is 0 Å². The molecule has 2 nitrogen and oxygen atoms in total. The second kappa shape index (κ2) is 2.79. The lowest BCUT2D eigenvalue weighted by molar-refractivity contribution is -0.124. The molecule has 0 radical (unpaired) electrons. The van der Waals surface area contributed by atoms with E-state index in [-0.39, 0.29) is 0 Å². The van der Waals surface area contributed by atoms with Crippen molar-refractivity contribution in [2.45, 2.75) is 24.9 Å². The van der Waals surface area contributed by atoms with Crippen LogP contribution in [0.5, 0.6) is 0 Å². The van der Waals surface area contributed by atoms with Crippen LogP contribution in [0.4, 0.5) is 0 Å². The second-order valence-electron chi connectivity index (χ2n) is 3.46. The summed E-state index contributed by atoms with van der Waals surface area (Å²) in [6, 6.07) is 1.08. The minimum atomic E-state index is 0.471. The van der Waals surface area contributed by atoms with Gasteiger partial charge in [0.05, 0.1) is 0 Å². The Labute approximate surface area is 71.3 Å². The predicted octanol–water partition coefficient (Wildman–Crippen LogP) is 0.765. The summed E-state index contributed by atoms with van der Waals surface area (Å²) >= 11 is 2.00. The number of fused-ring (bicyclic) bond motifs is 2. The van der Waals surface area contributed by atoms with Crippen LogP contribution in [-0.2, 0) is 4.79 Å². The van der Waals surface area contributed by atoms with Crippen molar-refractivity contribution in [1.82, 2.24) is 4.90 Å². The van der Waals surface area contributed by atoms with Crippen LogP contribution in [0.25, 0.3) is 0 Å². The molecule has 0 N–H and O–H groups in total. The predicted molar refractivity (Wildman–Crippen MR) is 46.9 cm³/mol. The fraction of sp³-hybridized carbons (Fsp3) is 0.875. The van der Waals surface area contributed by atoms with E-state index in [0.717, 1.165) is 24.3 Å². The number of carbonyl (C=O) groups is 1. The average Bonchev–Trinajstić information content (AvgIpc) is 1.92. The van der Waals surface area contributed by atoms with Crippen molar-refractivity contribution < 1.29 is 4.79 Å². The van der Waals surface area contributed by atoms with E-state index in [0.29, 0.717) is 17.9 Å². The summed E-state index contributed by atoms with van der Waals surface area (Å²) in [6.45, 7) is 0. The molecule has 2 fully saturated rings. The third-order valence-electron chi connectivity index (χ3n) is 2.70. The summed E-state index contributed by atoms with van der Waals surface area (Å²) < 4.78 is 0. The smallest absolute Gasteiger partial charge is 0.136 e. The molecule has 3 heteroatoms. The van der Waals surface area contributed by atoms with Crippen LogP contribution in [0.1, 0.15) is 12.8 Å². The van der Waals surface area contributed by atoms with Crippen LogP contribution < -0.4 is 0 Å². The number of ketones is 1. The minimum absolute atomic E-state index is 0.471. The zero-order chi connectivity index (χ0) is 7.84. The molecule has 0 aromatic heterocycles. The summed E-state index contributed by atoms with van der Waals surface area (Å²) in [4.78, 5) is 13.6. The Kier molecular flexibility index (Phi) is 1.93. The fourth-order valence-electron chi connectivity index (χ4n) is 1.89. The maximum atomic E-state index is 11.2. The average molecular weight is 171 g/mol. The fourth-order valence-corrected chi connectivity index (χ4v) is 3.27. The Hall–Kier alpha value is -0.0200. The molecule has 0 spiro atoms. The van der Waals surface area contributed by atoms with Gasteiger partial charge in [-0.05, 0) is 7.05 Å². The van der Waals surface area contributed by atoms with E-state index >= 15 is 0 Å². The summed E-state index contributed by atoms with van der Waals surface area (Å²) in [5.41, 5.74) is 0. The van der Waals surface area contributed by atoms with Gasteiger partial charge in [0.15, 0.2) is 0 Å². The van der Waals surface area contributed by atoms with Gasteiger partial charge in [0.1, 0.15) is 5.78 Å². The van der Waals surface area contributed by atoms with Gasteiger partial charge in [-0.15, -0.1) is 0 Å². The van der Waals surface area contributed by atoms with Crippen LogP contribution >= 0.6 is 11.8 Å². The summed E-state index contributed by atoms with van der Waals surface area (Å²) in [7, 11) is 2.15. The lowest BCUT2D eigenvalue weighted by Gasteiger charge is -2.42. The molecule has 2 aliphatic heterocycles. The maximum absolute atomic E-state index is 11.2. The molecule has 0 aromatic rings. The Morgan fingerprint density at radius 3 is 2.45 bits per heavy atom. The molecule has 2 aliphatic rings. The van der Waals surface area contributed by atoms with Crippen molar-refractivity contribution >= 4 is 17.5 Å². The number of carbonyl (C=O) groups excluding carboxylic acids is 1. The van der Waals surface area contributed by atoms with Gasteiger partial charge >= 0.3 is 0 Å². The number of Topliss-reactive ketones (excluding diaryl/α,β-unsaturated/α-hetero) is 1. The molecule has 0 aliphatic carbocycles. The Morgan fingerprint density at radius 2 is 1.91 bits per heavy atom. The number of hydrogen-bond donors (Lipinski definition) is 0. The van der Waals surface area contributed by atoms with Gasteiger partial charge in [0, 0.05) is 36.4 Å². The molecular formula is C8H13NOS. The van der Waals surface area contributed by atoms with E-state index in [1.807, 2.05) is 11.8 Å². The van der Waals surface area contributed by atoms with Gasteiger partial charge in [-0.3, -0.25) is 9.69 Å². The monoisotopic (exact) mass is 171 g/mol. The number of nitrogens with zero attached hydrogens (tertiary/aromatic N) is 1. The number of hydrogen-bond acceptors (Lipinski definition) is 3. The molecule has 2 heterocycles. The molecule has 0 aromatic carbocycles. The van der Waals surface area contributed by atoms with Crippen LogP contribution in [0.3, 0.4) is 0 Å². The van der Waals surface area contributed by atoms with Crippen LogP contribution in [0.15, 0.2) is 0 Å². The maximum Gasteiger partial charge on any atom is 0.136 e. The van der Waals surface area contributed by atoms with E-state index < -0.39 is 0 Å². The standard InChI is InChI=1S/C8H13NOS/c1-9-6-2-8(10)3-7(9)5-11-4-6/h6-7H,2-5H2,1H3. The first-order valence-electron chi connectivity index (χ1n) is 4.09. The quantitative estimate of drug-likeness (QED) is 0.537. The summed E-state index contributed by atoms with van der Waals surface area (Å²) in [5.74, 6) is 2.77. The van der Waals surface area contributed by atoms with E-state index in [1.165, 1.54) is 0 Å². The lowest BCUT2D eigenvalue weighted by Crippen LogP contribution is -2.52. The Bertz CT molecular complexity index is 167. The van der Waals surface area contributed by atoms with E-state index in [9.17, 15) is 4.79 Å². The minimum Gasteiger partial charge on any atom is -0.300 e.